The quantitative estimate of drug-likeness (QED) is 0.506. The van der Waals surface area contributed by atoms with Gasteiger partial charge in [-0.2, -0.15) is 0 Å². The van der Waals surface area contributed by atoms with E-state index in [-0.39, 0.29) is 5.91 Å². The third kappa shape index (κ3) is 5.26. The monoisotopic (exact) mass is 399 g/mol. The van der Waals surface area contributed by atoms with Crippen molar-refractivity contribution in [2.45, 2.75) is 39.2 Å². The first-order valence-corrected chi connectivity index (χ1v) is 10.1. The Hall–Kier alpha value is -2.53. The third-order valence-corrected chi connectivity index (χ3v) is 4.83. The summed E-state index contributed by atoms with van der Waals surface area (Å²) >= 11 is 6.17. The lowest BCUT2D eigenvalue weighted by atomic mass is 10.2. The highest BCUT2D eigenvalue weighted by atomic mass is 35.5. The Balaban J connectivity index is 1.63. The maximum absolute atomic E-state index is 11.6. The van der Waals surface area contributed by atoms with Crippen molar-refractivity contribution < 1.29 is 9.53 Å². The van der Waals surface area contributed by atoms with Crippen molar-refractivity contribution in [3.8, 4) is 5.75 Å². The van der Waals surface area contributed by atoms with E-state index in [1.54, 1.807) is 0 Å². The normalized spacial score (nSPS) is 10.9. The molecular weight excluding hydrogens is 374 g/mol. The van der Waals surface area contributed by atoms with E-state index in [0.29, 0.717) is 36.9 Å². The van der Waals surface area contributed by atoms with Gasteiger partial charge in [-0.25, -0.2) is 4.98 Å². The molecule has 3 aromatic rings. The van der Waals surface area contributed by atoms with Gasteiger partial charge in [0.2, 0.25) is 5.91 Å². The van der Waals surface area contributed by atoms with Gasteiger partial charge in [0, 0.05) is 19.4 Å². The van der Waals surface area contributed by atoms with Crippen LogP contribution in [0, 0.1) is 0 Å². The molecule has 1 aromatic heterocycles. The second kappa shape index (κ2) is 10.1. The molecule has 0 atom stereocenters. The van der Waals surface area contributed by atoms with E-state index in [9.17, 15) is 4.79 Å². The fraction of sp³-hybridized carbons (Fsp3) is 0.364. The Labute approximate surface area is 170 Å². The summed E-state index contributed by atoms with van der Waals surface area (Å²) in [6.07, 6.45) is 3.10. The zero-order chi connectivity index (χ0) is 19.8. The predicted octanol–water partition coefficient (Wildman–Crippen LogP) is 4.62. The SMILES string of the molecule is CCCC(=O)NCCCc1nc2ccccc2n1CCOc1ccccc1Cl. The summed E-state index contributed by atoms with van der Waals surface area (Å²) in [5.41, 5.74) is 2.07. The lowest BCUT2D eigenvalue weighted by Gasteiger charge is -2.12. The van der Waals surface area contributed by atoms with E-state index < -0.39 is 0 Å². The number of nitrogens with one attached hydrogen (secondary N) is 1. The summed E-state index contributed by atoms with van der Waals surface area (Å²) < 4.78 is 8.05. The molecule has 0 aliphatic carbocycles. The van der Waals surface area contributed by atoms with E-state index >= 15 is 0 Å². The summed E-state index contributed by atoms with van der Waals surface area (Å²) in [5.74, 6) is 1.81. The molecule has 148 valence electrons. The van der Waals surface area contributed by atoms with Crippen LogP contribution in [0.15, 0.2) is 48.5 Å². The third-order valence-electron chi connectivity index (χ3n) is 4.52. The van der Waals surface area contributed by atoms with Gasteiger partial charge in [0.1, 0.15) is 18.2 Å². The second-order valence-corrected chi connectivity index (χ2v) is 7.06. The number of imidazole rings is 1. The highest BCUT2D eigenvalue weighted by Crippen LogP contribution is 2.23. The van der Waals surface area contributed by atoms with E-state index in [2.05, 4.69) is 16.0 Å². The molecule has 0 saturated heterocycles. The Morgan fingerprint density at radius 3 is 2.79 bits per heavy atom. The minimum Gasteiger partial charge on any atom is -0.490 e. The molecule has 1 heterocycles. The van der Waals surface area contributed by atoms with Crippen molar-refractivity contribution >= 4 is 28.5 Å². The van der Waals surface area contributed by atoms with Crippen LogP contribution in [0.3, 0.4) is 0 Å². The fourth-order valence-corrected chi connectivity index (χ4v) is 3.35. The number of para-hydroxylation sites is 3. The molecule has 1 amide bonds. The molecule has 0 bridgehead atoms. The van der Waals surface area contributed by atoms with Gasteiger partial charge in [0.15, 0.2) is 0 Å². The molecule has 2 aromatic carbocycles. The van der Waals surface area contributed by atoms with Crippen molar-refractivity contribution in [2.24, 2.45) is 0 Å². The van der Waals surface area contributed by atoms with Gasteiger partial charge >= 0.3 is 0 Å². The van der Waals surface area contributed by atoms with Crippen molar-refractivity contribution in [3.05, 3.63) is 59.4 Å². The number of amides is 1. The van der Waals surface area contributed by atoms with Crippen LogP contribution < -0.4 is 10.1 Å². The number of nitrogens with zero attached hydrogens (tertiary/aromatic N) is 2. The van der Waals surface area contributed by atoms with E-state index in [1.807, 2.05) is 49.4 Å². The van der Waals surface area contributed by atoms with Crippen LogP contribution in [-0.2, 0) is 17.8 Å². The Kier molecular flexibility index (Phi) is 7.31. The summed E-state index contributed by atoms with van der Waals surface area (Å²) in [7, 11) is 0. The summed E-state index contributed by atoms with van der Waals surface area (Å²) in [6.45, 7) is 3.86. The van der Waals surface area contributed by atoms with Gasteiger partial charge in [-0.05, 0) is 37.1 Å². The lowest BCUT2D eigenvalue weighted by Crippen LogP contribution is -2.24. The molecule has 5 nitrogen and oxygen atoms in total. The number of ether oxygens (including phenoxy) is 1. The average molecular weight is 400 g/mol. The van der Waals surface area contributed by atoms with E-state index in [0.717, 1.165) is 36.1 Å². The van der Waals surface area contributed by atoms with Crippen LogP contribution in [0.1, 0.15) is 32.0 Å². The Morgan fingerprint density at radius 1 is 1.18 bits per heavy atom. The number of carbonyl (C=O) groups excluding carboxylic acids is 1. The highest BCUT2D eigenvalue weighted by molar-refractivity contribution is 6.32. The summed E-state index contributed by atoms with van der Waals surface area (Å²) in [6, 6.07) is 15.6. The van der Waals surface area contributed by atoms with Crippen molar-refractivity contribution in [2.75, 3.05) is 13.2 Å². The van der Waals surface area contributed by atoms with Gasteiger partial charge < -0.3 is 14.6 Å². The zero-order valence-corrected chi connectivity index (χ0v) is 16.9. The molecule has 0 saturated carbocycles. The number of hydrogen-bond acceptors (Lipinski definition) is 3. The molecule has 0 unspecified atom stereocenters. The molecule has 3 rings (SSSR count). The molecule has 0 aliphatic heterocycles. The van der Waals surface area contributed by atoms with E-state index in [4.69, 9.17) is 21.3 Å². The second-order valence-electron chi connectivity index (χ2n) is 6.65. The van der Waals surface area contributed by atoms with Crippen LogP contribution in [0.25, 0.3) is 11.0 Å². The molecule has 1 N–H and O–H groups in total. The number of halogens is 1. The van der Waals surface area contributed by atoms with Crippen LogP contribution in [-0.4, -0.2) is 28.6 Å². The topological polar surface area (TPSA) is 56.2 Å². The first-order valence-electron chi connectivity index (χ1n) is 9.77. The van der Waals surface area contributed by atoms with Gasteiger partial charge in [-0.3, -0.25) is 4.79 Å². The van der Waals surface area contributed by atoms with Crippen LogP contribution >= 0.6 is 11.6 Å². The largest absolute Gasteiger partial charge is 0.490 e. The number of aromatic nitrogens is 2. The predicted molar refractivity (Wildman–Crippen MR) is 113 cm³/mol. The maximum Gasteiger partial charge on any atom is 0.219 e. The number of aryl methyl sites for hydroxylation is 1. The summed E-state index contributed by atoms with van der Waals surface area (Å²) in [5, 5.41) is 3.57. The summed E-state index contributed by atoms with van der Waals surface area (Å²) in [4.78, 5) is 16.4. The number of fused-ring (bicyclic) bond motifs is 1. The highest BCUT2D eigenvalue weighted by Gasteiger charge is 2.11. The Bertz CT molecular complexity index is 923. The lowest BCUT2D eigenvalue weighted by molar-refractivity contribution is -0.121. The molecule has 0 spiro atoms. The molecule has 0 fully saturated rings. The molecular formula is C22H26ClN3O2. The molecule has 28 heavy (non-hydrogen) atoms. The minimum atomic E-state index is 0.115. The number of carbonyl (C=O) groups is 1. The first-order chi connectivity index (χ1) is 13.7. The average Bonchev–Trinajstić information content (AvgIpc) is 3.05. The van der Waals surface area contributed by atoms with Crippen LogP contribution in [0.2, 0.25) is 5.02 Å². The smallest absolute Gasteiger partial charge is 0.219 e. The van der Waals surface area contributed by atoms with Gasteiger partial charge in [-0.15, -0.1) is 0 Å². The Morgan fingerprint density at radius 2 is 1.96 bits per heavy atom. The first kappa shape index (κ1) is 20.2. The number of benzene rings is 2. The minimum absolute atomic E-state index is 0.115. The van der Waals surface area contributed by atoms with Crippen molar-refractivity contribution in [3.63, 3.8) is 0 Å². The van der Waals surface area contributed by atoms with Gasteiger partial charge in [-0.1, -0.05) is 42.8 Å². The fourth-order valence-electron chi connectivity index (χ4n) is 3.16. The van der Waals surface area contributed by atoms with Crippen LogP contribution in [0.5, 0.6) is 5.75 Å². The van der Waals surface area contributed by atoms with Crippen molar-refractivity contribution in [1.29, 1.82) is 0 Å². The van der Waals surface area contributed by atoms with Gasteiger partial charge in [0.25, 0.3) is 0 Å². The number of rotatable bonds is 10. The zero-order valence-electron chi connectivity index (χ0n) is 16.2. The number of hydrogen-bond donors (Lipinski definition) is 1. The van der Waals surface area contributed by atoms with Crippen molar-refractivity contribution in [1.82, 2.24) is 14.9 Å². The standard InChI is InChI=1S/C22H26ClN3O2/c1-2-8-22(27)24-14-7-13-21-25-18-10-4-5-11-19(18)26(21)15-16-28-20-12-6-3-9-17(20)23/h3-6,9-12H,2,7-8,13-16H2,1H3,(H,24,27). The molecule has 0 radical (unpaired) electrons. The molecule has 6 heteroatoms. The van der Waals surface area contributed by atoms with E-state index in [1.165, 1.54) is 0 Å². The van der Waals surface area contributed by atoms with Gasteiger partial charge in [0.05, 0.1) is 22.6 Å². The maximum atomic E-state index is 11.6. The van der Waals surface area contributed by atoms with Crippen LogP contribution in [0.4, 0.5) is 0 Å². The molecule has 0 aliphatic rings.